The predicted molar refractivity (Wildman–Crippen MR) is 265 cm³/mol. The van der Waals surface area contributed by atoms with Gasteiger partial charge in [0, 0.05) is 27.4 Å². The average molecular weight is 869 g/mol. The van der Waals surface area contributed by atoms with Gasteiger partial charge in [0.05, 0.1) is 26.4 Å². The van der Waals surface area contributed by atoms with Gasteiger partial charge in [0.25, 0.3) is 0 Å². The van der Waals surface area contributed by atoms with Crippen molar-refractivity contribution in [3.05, 3.63) is 0 Å². The molecule has 364 valence electrons. The van der Waals surface area contributed by atoms with Gasteiger partial charge in [-0.3, -0.25) is 0 Å². The van der Waals surface area contributed by atoms with Crippen LogP contribution in [0.5, 0.6) is 0 Å². The molecule has 0 atom stereocenters. The van der Waals surface area contributed by atoms with Crippen LogP contribution in [-0.4, -0.2) is 53.9 Å². The molecule has 8 bridgehead atoms. The molecule has 62 heavy (non-hydrogen) atoms. The summed E-state index contributed by atoms with van der Waals surface area (Å²) in [7, 11) is 3.68. The first-order valence-electron chi connectivity index (χ1n) is 27.1. The van der Waals surface area contributed by atoms with Crippen LogP contribution in [0, 0.1) is 90.7 Å². The van der Waals surface area contributed by atoms with E-state index in [0.29, 0.717) is 43.3 Å². The van der Waals surface area contributed by atoms with Gasteiger partial charge in [-0.2, -0.15) is 0 Å². The summed E-state index contributed by atoms with van der Waals surface area (Å²) in [6, 6.07) is 0. The fourth-order valence-corrected chi connectivity index (χ4v) is 16.7. The first kappa shape index (κ1) is 52.8. The summed E-state index contributed by atoms with van der Waals surface area (Å²) in [6.45, 7) is 38.9. The van der Waals surface area contributed by atoms with Gasteiger partial charge in [-0.15, -0.1) is 0 Å². The standard InChI is InChI=1S/C17H30O.C16H28O.C13H26O.C12H24O/c1-5-18-11-16(2,3)17(4)14-7-12-6-13(9-14)10-15(17)8-12;1-15(2,10-17-4)16(3)13-6-11-5-12(8-13)9-14(16)7-11;1-5-14-11-12(2,3)13(4)9-7-6-8-10-13;1-11(2,10-13-4)12(3)8-6-5-7-9-12/h12-15H,5-11H2,1-4H3;11-14H,5-10H2,1-4H3;5-11H2,1-4H3;5-10H2,1-4H3. The maximum atomic E-state index is 5.82. The Morgan fingerprint density at radius 2 is 0.629 bits per heavy atom. The molecule has 10 fully saturated rings. The topological polar surface area (TPSA) is 36.9 Å². The Kier molecular flexibility index (Phi) is 17.9. The lowest BCUT2D eigenvalue weighted by Crippen LogP contribution is -2.58. The molecule has 0 spiro atoms. The summed E-state index contributed by atoms with van der Waals surface area (Å²) in [5.41, 5.74) is 3.40. The molecule has 10 aliphatic carbocycles. The van der Waals surface area contributed by atoms with E-state index in [0.717, 1.165) is 87.0 Å². The molecule has 0 N–H and O–H groups in total. The van der Waals surface area contributed by atoms with E-state index in [9.17, 15) is 0 Å². The monoisotopic (exact) mass is 869 g/mol. The second-order valence-electron chi connectivity index (χ2n) is 27.1. The SMILES string of the molecule is CCOCC(C)(C)C1(C)C2CC3CC(C2)CC1C3.CCOCC(C)(C)C1(C)CCCCC1.COCC(C)(C)C1(C)C2CC3CC(C2)CC1C3.COCC(C)(C)C1(C)CCCCC1. The highest BCUT2D eigenvalue weighted by Gasteiger charge is 2.61. The van der Waals surface area contributed by atoms with Gasteiger partial charge >= 0.3 is 0 Å². The van der Waals surface area contributed by atoms with Crippen LogP contribution in [0.25, 0.3) is 0 Å². The third kappa shape index (κ3) is 10.9. The van der Waals surface area contributed by atoms with Crippen molar-refractivity contribution in [1.82, 2.24) is 0 Å². The van der Waals surface area contributed by atoms with E-state index in [4.69, 9.17) is 18.9 Å². The Labute approximate surface area is 387 Å². The zero-order valence-corrected chi connectivity index (χ0v) is 44.6. The molecule has 10 rings (SSSR count). The van der Waals surface area contributed by atoms with Gasteiger partial charge in [-0.05, 0) is 194 Å². The molecular weight excluding hydrogens is 761 g/mol. The molecule has 0 radical (unpaired) electrons. The van der Waals surface area contributed by atoms with E-state index in [1.54, 1.807) is 12.8 Å². The Bertz CT molecular complexity index is 1290. The molecule has 0 heterocycles. The van der Waals surface area contributed by atoms with Crippen LogP contribution in [-0.2, 0) is 18.9 Å². The van der Waals surface area contributed by atoms with Crippen LogP contribution < -0.4 is 0 Å². The van der Waals surface area contributed by atoms with E-state index in [1.807, 2.05) is 14.2 Å². The predicted octanol–water partition coefficient (Wildman–Crippen LogP) is 16.3. The summed E-state index contributed by atoms with van der Waals surface area (Å²) in [4.78, 5) is 0. The number of hydrogen-bond acceptors (Lipinski definition) is 4. The average Bonchev–Trinajstić information content (AvgIpc) is 3.21. The molecule has 0 aliphatic heterocycles. The van der Waals surface area contributed by atoms with Gasteiger partial charge < -0.3 is 18.9 Å². The molecule has 4 heteroatoms. The van der Waals surface area contributed by atoms with Gasteiger partial charge in [-0.25, -0.2) is 0 Å². The lowest BCUT2D eigenvalue weighted by molar-refractivity contribution is -0.175. The van der Waals surface area contributed by atoms with Crippen molar-refractivity contribution in [2.45, 2.75) is 225 Å². The smallest absolute Gasteiger partial charge is 0.0522 e. The second kappa shape index (κ2) is 21.0. The van der Waals surface area contributed by atoms with Gasteiger partial charge in [0.2, 0.25) is 0 Å². The Morgan fingerprint density at radius 3 is 0.919 bits per heavy atom. The molecule has 0 aromatic rings. The summed E-state index contributed by atoms with van der Waals surface area (Å²) in [5.74, 6) is 8.20. The fourth-order valence-electron chi connectivity index (χ4n) is 16.7. The minimum atomic E-state index is 0.335. The van der Waals surface area contributed by atoms with Crippen molar-refractivity contribution in [3.63, 3.8) is 0 Å². The molecule has 0 aromatic heterocycles. The van der Waals surface area contributed by atoms with Crippen LogP contribution >= 0.6 is 0 Å². The summed E-state index contributed by atoms with van der Waals surface area (Å²) < 4.78 is 22.3. The van der Waals surface area contributed by atoms with Crippen molar-refractivity contribution in [2.75, 3.05) is 53.9 Å². The van der Waals surface area contributed by atoms with Crippen molar-refractivity contribution < 1.29 is 18.9 Å². The minimum Gasteiger partial charge on any atom is -0.384 e. The minimum absolute atomic E-state index is 0.335. The zero-order valence-electron chi connectivity index (χ0n) is 44.6. The maximum absolute atomic E-state index is 5.82. The lowest BCUT2D eigenvalue weighted by Gasteiger charge is -2.65. The molecule has 0 aromatic carbocycles. The second-order valence-corrected chi connectivity index (χ2v) is 27.1. The van der Waals surface area contributed by atoms with E-state index < -0.39 is 0 Å². The largest absolute Gasteiger partial charge is 0.384 e. The van der Waals surface area contributed by atoms with Crippen LogP contribution in [0.1, 0.15) is 225 Å². The van der Waals surface area contributed by atoms with Crippen molar-refractivity contribution >= 4 is 0 Å². The highest BCUT2D eigenvalue weighted by molar-refractivity contribution is 5.10. The fraction of sp³-hybridized carbons (Fsp3) is 1.00. The normalized spacial score (nSPS) is 36.8. The van der Waals surface area contributed by atoms with Crippen molar-refractivity contribution in [2.24, 2.45) is 90.7 Å². The van der Waals surface area contributed by atoms with Crippen LogP contribution in [0.3, 0.4) is 0 Å². The number of methoxy groups -OCH3 is 2. The number of hydrogen-bond donors (Lipinski definition) is 0. The first-order chi connectivity index (χ1) is 29.0. The third-order valence-electron chi connectivity index (χ3n) is 22.1. The Balaban J connectivity index is 0.000000158. The summed E-state index contributed by atoms with van der Waals surface area (Å²) in [5, 5.41) is 0. The maximum Gasteiger partial charge on any atom is 0.0522 e. The molecule has 10 saturated carbocycles. The van der Waals surface area contributed by atoms with E-state index in [2.05, 4.69) is 96.9 Å². The molecule has 4 nitrogen and oxygen atoms in total. The zero-order chi connectivity index (χ0) is 45.8. The number of ether oxygens (including phenoxy) is 4. The van der Waals surface area contributed by atoms with Gasteiger partial charge in [-0.1, -0.05) is 122 Å². The van der Waals surface area contributed by atoms with E-state index in [1.165, 1.54) is 116 Å². The highest BCUT2D eigenvalue weighted by Crippen LogP contribution is 2.69. The van der Waals surface area contributed by atoms with E-state index >= 15 is 0 Å². The Morgan fingerprint density at radius 1 is 0.371 bits per heavy atom. The number of rotatable bonds is 14. The molecule has 0 amide bonds. The van der Waals surface area contributed by atoms with Gasteiger partial charge in [0.15, 0.2) is 0 Å². The van der Waals surface area contributed by atoms with Crippen molar-refractivity contribution in [1.29, 1.82) is 0 Å². The Hall–Kier alpha value is -0.160. The molecular formula is C58H108O4. The third-order valence-corrected chi connectivity index (χ3v) is 22.1. The van der Waals surface area contributed by atoms with Gasteiger partial charge in [0.1, 0.15) is 0 Å². The molecule has 10 aliphatic rings. The van der Waals surface area contributed by atoms with Crippen LogP contribution in [0.15, 0.2) is 0 Å². The lowest BCUT2D eigenvalue weighted by atomic mass is 9.40. The molecule has 0 unspecified atom stereocenters. The quantitative estimate of drug-likeness (QED) is 0.174. The first-order valence-corrected chi connectivity index (χ1v) is 27.1. The van der Waals surface area contributed by atoms with E-state index in [-0.39, 0.29) is 0 Å². The van der Waals surface area contributed by atoms with Crippen LogP contribution in [0.2, 0.25) is 0 Å². The van der Waals surface area contributed by atoms with Crippen molar-refractivity contribution in [3.8, 4) is 0 Å². The summed E-state index contributed by atoms with van der Waals surface area (Å²) in [6.07, 6.45) is 29.2. The highest BCUT2D eigenvalue weighted by atomic mass is 16.5. The van der Waals surface area contributed by atoms with Crippen LogP contribution in [0.4, 0.5) is 0 Å². The summed E-state index contributed by atoms with van der Waals surface area (Å²) >= 11 is 0. The molecule has 0 saturated heterocycles.